The Morgan fingerprint density at radius 1 is 0.897 bits per heavy atom. The van der Waals surface area contributed by atoms with Crippen LogP contribution in [0.5, 0.6) is 0 Å². The van der Waals surface area contributed by atoms with E-state index in [0.29, 0.717) is 21.9 Å². The zero-order chi connectivity index (χ0) is 19.5. The Balaban J connectivity index is 0.00000240. The van der Waals surface area contributed by atoms with Crippen molar-refractivity contribution in [3.05, 3.63) is 87.2 Å². The molecule has 0 spiro atoms. The SMILES string of the molecule is Cl.Fc1cc(CSc2c(Cl)ccc3c2CCNCC3)ccc1-c1ccccc1Cl. The Morgan fingerprint density at radius 2 is 1.69 bits per heavy atom. The van der Waals surface area contributed by atoms with Crippen LogP contribution in [-0.2, 0) is 18.6 Å². The van der Waals surface area contributed by atoms with E-state index in [1.807, 2.05) is 36.4 Å². The average Bonchev–Trinajstić information content (AvgIpc) is 2.94. The number of hydrogen-bond acceptors (Lipinski definition) is 2. The number of halogens is 4. The molecule has 1 nitrogen and oxygen atoms in total. The molecule has 0 atom stereocenters. The van der Waals surface area contributed by atoms with Crippen LogP contribution in [0.2, 0.25) is 10.0 Å². The molecule has 0 radical (unpaired) electrons. The Morgan fingerprint density at radius 3 is 2.48 bits per heavy atom. The molecule has 29 heavy (non-hydrogen) atoms. The van der Waals surface area contributed by atoms with Crippen LogP contribution in [0.4, 0.5) is 4.39 Å². The first kappa shape index (κ1) is 22.5. The van der Waals surface area contributed by atoms with E-state index < -0.39 is 0 Å². The van der Waals surface area contributed by atoms with Gasteiger partial charge in [0.15, 0.2) is 0 Å². The van der Waals surface area contributed by atoms with Gasteiger partial charge in [-0.15, -0.1) is 24.2 Å². The first-order valence-electron chi connectivity index (χ1n) is 9.30. The molecule has 0 fully saturated rings. The number of benzene rings is 3. The van der Waals surface area contributed by atoms with Gasteiger partial charge in [0.05, 0.1) is 5.02 Å². The van der Waals surface area contributed by atoms with Crippen molar-refractivity contribution in [3.63, 3.8) is 0 Å². The van der Waals surface area contributed by atoms with Gasteiger partial charge in [0.1, 0.15) is 5.82 Å². The molecule has 152 valence electrons. The second-order valence-electron chi connectivity index (χ2n) is 6.85. The summed E-state index contributed by atoms with van der Waals surface area (Å²) < 4.78 is 14.7. The summed E-state index contributed by atoms with van der Waals surface area (Å²) in [5, 5.41) is 4.76. The lowest BCUT2D eigenvalue weighted by molar-refractivity contribution is 0.630. The molecule has 3 aromatic rings. The summed E-state index contributed by atoms with van der Waals surface area (Å²) in [6.45, 7) is 1.95. The quantitative estimate of drug-likeness (QED) is 0.406. The fraction of sp³-hybridized carbons (Fsp3) is 0.217. The predicted molar refractivity (Wildman–Crippen MR) is 125 cm³/mol. The van der Waals surface area contributed by atoms with Gasteiger partial charge < -0.3 is 5.32 Å². The molecular weight excluding hydrogens is 448 g/mol. The molecular formula is C23H21Cl3FNS. The summed E-state index contributed by atoms with van der Waals surface area (Å²) in [5.74, 6) is 0.414. The second kappa shape index (κ2) is 10.2. The van der Waals surface area contributed by atoms with Gasteiger partial charge in [-0.1, -0.05) is 59.6 Å². The zero-order valence-electron chi connectivity index (χ0n) is 15.7. The van der Waals surface area contributed by atoms with Crippen molar-refractivity contribution in [1.82, 2.24) is 5.32 Å². The highest BCUT2D eigenvalue weighted by atomic mass is 35.5. The van der Waals surface area contributed by atoms with E-state index in [-0.39, 0.29) is 18.2 Å². The van der Waals surface area contributed by atoms with E-state index >= 15 is 0 Å². The van der Waals surface area contributed by atoms with Gasteiger partial charge in [0.25, 0.3) is 0 Å². The molecule has 0 bridgehead atoms. The summed E-state index contributed by atoms with van der Waals surface area (Å²) in [7, 11) is 0. The van der Waals surface area contributed by atoms with E-state index in [9.17, 15) is 4.39 Å². The van der Waals surface area contributed by atoms with Crippen LogP contribution in [0, 0.1) is 5.82 Å². The van der Waals surface area contributed by atoms with Crippen LogP contribution < -0.4 is 5.32 Å². The lowest BCUT2D eigenvalue weighted by Crippen LogP contribution is -2.16. The maximum absolute atomic E-state index is 14.7. The Hall–Kier alpha value is -1.23. The molecule has 0 saturated carbocycles. The third-order valence-electron chi connectivity index (χ3n) is 5.01. The number of hydrogen-bond donors (Lipinski definition) is 1. The van der Waals surface area contributed by atoms with E-state index in [2.05, 4.69) is 11.4 Å². The highest BCUT2D eigenvalue weighted by Gasteiger charge is 2.16. The summed E-state index contributed by atoms with van der Waals surface area (Å²) in [4.78, 5) is 1.12. The lowest BCUT2D eigenvalue weighted by Gasteiger charge is -2.14. The van der Waals surface area contributed by atoms with Crippen LogP contribution in [0.3, 0.4) is 0 Å². The molecule has 1 aliphatic heterocycles. The minimum absolute atomic E-state index is 0. The largest absolute Gasteiger partial charge is 0.316 e. The van der Waals surface area contributed by atoms with E-state index in [0.717, 1.165) is 41.4 Å². The smallest absolute Gasteiger partial charge is 0.131 e. The first-order valence-corrected chi connectivity index (χ1v) is 11.0. The molecule has 0 unspecified atom stereocenters. The maximum atomic E-state index is 14.7. The van der Waals surface area contributed by atoms with Gasteiger partial charge in [-0.05, 0) is 60.8 Å². The third-order valence-corrected chi connectivity index (χ3v) is 7.00. The van der Waals surface area contributed by atoms with Crippen molar-refractivity contribution in [2.45, 2.75) is 23.5 Å². The van der Waals surface area contributed by atoms with Crippen molar-refractivity contribution in [2.75, 3.05) is 13.1 Å². The summed E-state index contributed by atoms with van der Waals surface area (Å²) in [6.07, 6.45) is 1.99. The van der Waals surface area contributed by atoms with E-state index in [4.69, 9.17) is 23.2 Å². The maximum Gasteiger partial charge on any atom is 0.131 e. The Labute approximate surface area is 191 Å². The molecule has 1 heterocycles. The molecule has 1 N–H and O–H groups in total. The van der Waals surface area contributed by atoms with Crippen molar-refractivity contribution >= 4 is 47.4 Å². The highest BCUT2D eigenvalue weighted by molar-refractivity contribution is 7.98. The average molecular weight is 469 g/mol. The molecule has 1 aliphatic rings. The van der Waals surface area contributed by atoms with Crippen LogP contribution in [0.1, 0.15) is 16.7 Å². The van der Waals surface area contributed by atoms with Crippen molar-refractivity contribution in [1.29, 1.82) is 0 Å². The van der Waals surface area contributed by atoms with Gasteiger partial charge in [0, 0.05) is 26.8 Å². The molecule has 3 aromatic carbocycles. The number of fused-ring (bicyclic) bond motifs is 1. The third kappa shape index (κ3) is 5.10. The number of rotatable bonds is 4. The van der Waals surface area contributed by atoms with Crippen LogP contribution in [0.15, 0.2) is 59.5 Å². The molecule has 0 saturated heterocycles. The summed E-state index contributed by atoms with van der Waals surface area (Å²) in [6, 6.07) is 16.8. The van der Waals surface area contributed by atoms with E-state index in [1.54, 1.807) is 23.9 Å². The summed E-state index contributed by atoms with van der Waals surface area (Å²) in [5.41, 5.74) is 4.85. The number of nitrogens with one attached hydrogen (secondary N) is 1. The molecule has 4 rings (SSSR count). The second-order valence-corrected chi connectivity index (χ2v) is 8.65. The fourth-order valence-corrected chi connectivity index (χ4v) is 5.25. The Kier molecular flexibility index (Phi) is 7.89. The normalized spacial score (nSPS) is 13.3. The van der Waals surface area contributed by atoms with Crippen molar-refractivity contribution < 1.29 is 4.39 Å². The van der Waals surface area contributed by atoms with Crippen LogP contribution in [0.25, 0.3) is 11.1 Å². The monoisotopic (exact) mass is 467 g/mol. The minimum Gasteiger partial charge on any atom is -0.316 e. The highest BCUT2D eigenvalue weighted by Crippen LogP contribution is 2.37. The van der Waals surface area contributed by atoms with Gasteiger partial charge >= 0.3 is 0 Å². The predicted octanol–water partition coefficient (Wildman–Crippen LogP) is 7.20. The van der Waals surface area contributed by atoms with Gasteiger partial charge in [-0.25, -0.2) is 4.39 Å². The molecule has 6 heteroatoms. The minimum atomic E-state index is -0.256. The lowest BCUT2D eigenvalue weighted by atomic mass is 10.0. The summed E-state index contributed by atoms with van der Waals surface area (Å²) >= 11 is 14.4. The van der Waals surface area contributed by atoms with Gasteiger partial charge in [-0.2, -0.15) is 0 Å². The molecule has 0 aromatic heterocycles. The zero-order valence-corrected chi connectivity index (χ0v) is 18.8. The molecule has 0 aliphatic carbocycles. The number of thioether (sulfide) groups is 1. The Bertz CT molecular complexity index is 1010. The van der Waals surface area contributed by atoms with Crippen molar-refractivity contribution in [2.24, 2.45) is 0 Å². The van der Waals surface area contributed by atoms with Crippen molar-refractivity contribution in [3.8, 4) is 11.1 Å². The van der Waals surface area contributed by atoms with E-state index in [1.165, 1.54) is 11.1 Å². The van der Waals surface area contributed by atoms with Gasteiger partial charge in [-0.3, -0.25) is 0 Å². The van der Waals surface area contributed by atoms with Crippen LogP contribution in [-0.4, -0.2) is 13.1 Å². The first-order chi connectivity index (χ1) is 13.6. The standard InChI is InChI=1S/C23H20Cl2FNS.ClH/c24-20-4-2-1-3-18(20)19-7-5-15(13-22(19)26)14-28-23-17-10-12-27-11-9-16(17)6-8-21(23)25;/h1-8,13,27H,9-12,14H2;1H. The fourth-order valence-electron chi connectivity index (χ4n) is 3.57. The van der Waals surface area contributed by atoms with Gasteiger partial charge in [0.2, 0.25) is 0 Å². The topological polar surface area (TPSA) is 12.0 Å². The molecule has 0 amide bonds. The van der Waals surface area contributed by atoms with Crippen LogP contribution >= 0.6 is 47.4 Å².